The van der Waals surface area contributed by atoms with Crippen molar-refractivity contribution < 1.29 is 19.2 Å². The fourth-order valence-electron chi connectivity index (χ4n) is 4.81. The number of nitrogens with zero attached hydrogens (tertiary/aromatic N) is 4. The topological polar surface area (TPSA) is 118 Å². The minimum absolute atomic E-state index is 0.00750. The van der Waals surface area contributed by atoms with Crippen LogP contribution in [0.5, 0.6) is 0 Å². The SMILES string of the molecule is CC1(C)CC(N=C=O)CC(C)(CN=C=O)C1.O=C=Nc1ccc(Cc2ccc(N=C=O)cc2)cc1. The van der Waals surface area contributed by atoms with Crippen molar-refractivity contribution in [2.24, 2.45) is 30.8 Å². The van der Waals surface area contributed by atoms with E-state index in [-0.39, 0.29) is 16.9 Å². The molecule has 2 aromatic rings. The molecular weight excluding hydrogens is 444 g/mol. The third kappa shape index (κ3) is 9.38. The zero-order valence-corrected chi connectivity index (χ0v) is 20.2. The van der Waals surface area contributed by atoms with Crippen molar-refractivity contribution in [2.75, 3.05) is 6.54 Å². The van der Waals surface area contributed by atoms with Crippen molar-refractivity contribution in [3.8, 4) is 0 Å². The van der Waals surface area contributed by atoms with Crippen molar-refractivity contribution in [1.29, 1.82) is 0 Å². The highest BCUT2D eigenvalue weighted by Crippen LogP contribution is 2.47. The zero-order chi connectivity index (χ0) is 25.7. The highest BCUT2D eigenvalue weighted by atomic mass is 16.1. The summed E-state index contributed by atoms with van der Waals surface area (Å²) in [6.45, 7) is 6.86. The summed E-state index contributed by atoms with van der Waals surface area (Å²) in [5.74, 6) is 0. The highest BCUT2D eigenvalue weighted by molar-refractivity contribution is 5.51. The van der Waals surface area contributed by atoms with Gasteiger partial charge in [0, 0.05) is 0 Å². The van der Waals surface area contributed by atoms with Gasteiger partial charge in [0.05, 0.1) is 24.0 Å². The molecule has 3 rings (SSSR count). The fraction of sp³-hybridized carbons (Fsp3) is 0.407. The first-order chi connectivity index (χ1) is 16.7. The van der Waals surface area contributed by atoms with Crippen molar-refractivity contribution in [2.45, 2.75) is 52.5 Å². The predicted octanol–water partition coefficient (Wildman–Crippen LogP) is 5.46. The Balaban J connectivity index is 0.000000251. The van der Waals surface area contributed by atoms with Crippen LogP contribution in [0.25, 0.3) is 0 Å². The Hall–Kier alpha value is -4.04. The molecular formula is C27H28N4O4. The average molecular weight is 473 g/mol. The van der Waals surface area contributed by atoms with Gasteiger partial charge in [-0.1, -0.05) is 45.0 Å². The summed E-state index contributed by atoms with van der Waals surface area (Å²) in [6.07, 6.45) is 9.65. The van der Waals surface area contributed by atoms with Gasteiger partial charge in [0.2, 0.25) is 24.3 Å². The summed E-state index contributed by atoms with van der Waals surface area (Å²) in [6, 6.07) is 14.7. The Morgan fingerprint density at radius 3 is 1.69 bits per heavy atom. The van der Waals surface area contributed by atoms with E-state index in [0.29, 0.717) is 17.9 Å². The molecule has 180 valence electrons. The first kappa shape index (κ1) is 27.2. The van der Waals surface area contributed by atoms with Crippen LogP contribution in [0.15, 0.2) is 68.5 Å². The van der Waals surface area contributed by atoms with E-state index >= 15 is 0 Å². The fourth-order valence-corrected chi connectivity index (χ4v) is 4.81. The maximum absolute atomic E-state index is 10.3. The molecule has 0 radical (unpaired) electrons. The first-order valence-electron chi connectivity index (χ1n) is 11.2. The number of benzene rings is 2. The number of hydrogen-bond acceptors (Lipinski definition) is 8. The molecule has 0 bridgehead atoms. The van der Waals surface area contributed by atoms with Crippen LogP contribution in [-0.4, -0.2) is 36.9 Å². The molecule has 2 aromatic carbocycles. The number of isocyanates is 4. The Kier molecular flexibility index (Phi) is 10.1. The van der Waals surface area contributed by atoms with Gasteiger partial charge in [0.1, 0.15) is 0 Å². The third-order valence-corrected chi connectivity index (χ3v) is 5.81. The third-order valence-electron chi connectivity index (χ3n) is 5.81. The lowest BCUT2D eigenvalue weighted by molar-refractivity contribution is 0.0915. The second-order valence-electron chi connectivity index (χ2n) is 9.76. The predicted molar refractivity (Wildman–Crippen MR) is 132 cm³/mol. The Bertz CT molecular complexity index is 1120. The standard InChI is InChI=1S/C15H10N2O2.C12H18N2O2/c18-10-16-14-5-1-12(2-6-14)9-13-3-7-15(8-4-13)17-11-19;1-11(2)4-10(14-9-16)5-12(3,6-11)7-13-8-15/h1-8H,9H2;10H,4-7H2,1-3H3. The van der Waals surface area contributed by atoms with Gasteiger partial charge in [-0.15, -0.1) is 0 Å². The molecule has 0 N–H and O–H groups in total. The molecule has 8 heteroatoms. The molecule has 0 heterocycles. The van der Waals surface area contributed by atoms with E-state index in [2.05, 4.69) is 40.7 Å². The maximum Gasteiger partial charge on any atom is 0.240 e. The minimum Gasteiger partial charge on any atom is -0.211 e. The van der Waals surface area contributed by atoms with Crippen molar-refractivity contribution in [3.63, 3.8) is 0 Å². The van der Waals surface area contributed by atoms with Gasteiger partial charge in [-0.25, -0.2) is 29.2 Å². The van der Waals surface area contributed by atoms with E-state index in [9.17, 15) is 19.2 Å². The van der Waals surface area contributed by atoms with E-state index in [0.717, 1.165) is 36.8 Å². The smallest absolute Gasteiger partial charge is 0.211 e. The molecule has 1 aliphatic rings. The van der Waals surface area contributed by atoms with Crippen LogP contribution in [0, 0.1) is 10.8 Å². The summed E-state index contributed by atoms with van der Waals surface area (Å²) < 4.78 is 0. The second-order valence-corrected chi connectivity index (χ2v) is 9.76. The number of aliphatic imine (C=N–C) groups is 4. The Labute approximate surface area is 204 Å². The summed E-state index contributed by atoms with van der Waals surface area (Å²) in [4.78, 5) is 55.3. The second kappa shape index (κ2) is 13.0. The summed E-state index contributed by atoms with van der Waals surface area (Å²) in [5, 5.41) is 0. The van der Waals surface area contributed by atoms with Crippen LogP contribution in [-0.2, 0) is 25.6 Å². The minimum atomic E-state index is -0.0653. The molecule has 1 aliphatic carbocycles. The Morgan fingerprint density at radius 1 is 0.743 bits per heavy atom. The molecule has 1 fully saturated rings. The molecule has 0 spiro atoms. The zero-order valence-electron chi connectivity index (χ0n) is 20.2. The number of carbonyl (C=O) groups excluding carboxylic acids is 4. The lowest BCUT2D eigenvalue weighted by atomic mass is 9.63. The largest absolute Gasteiger partial charge is 0.240 e. The van der Waals surface area contributed by atoms with Crippen LogP contribution in [0.3, 0.4) is 0 Å². The molecule has 1 saturated carbocycles. The molecule has 35 heavy (non-hydrogen) atoms. The summed E-state index contributed by atoms with van der Waals surface area (Å²) in [7, 11) is 0. The normalized spacial score (nSPS) is 19.8. The van der Waals surface area contributed by atoms with Crippen LogP contribution >= 0.6 is 0 Å². The van der Waals surface area contributed by atoms with Crippen molar-refractivity contribution in [1.82, 2.24) is 0 Å². The van der Waals surface area contributed by atoms with Gasteiger partial charge in [-0.3, -0.25) is 0 Å². The van der Waals surface area contributed by atoms with E-state index in [1.54, 1.807) is 36.4 Å². The maximum atomic E-state index is 10.3. The molecule has 0 saturated heterocycles. The van der Waals surface area contributed by atoms with Gasteiger partial charge in [-0.2, -0.15) is 9.98 Å². The van der Waals surface area contributed by atoms with Crippen LogP contribution in [0.2, 0.25) is 0 Å². The molecule has 0 amide bonds. The highest BCUT2D eigenvalue weighted by Gasteiger charge is 2.41. The summed E-state index contributed by atoms with van der Waals surface area (Å²) >= 11 is 0. The Morgan fingerprint density at radius 2 is 1.26 bits per heavy atom. The van der Waals surface area contributed by atoms with Crippen LogP contribution in [0.4, 0.5) is 11.4 Å². The van der Waals surface area contributed by atoms with Crippen LogP contribution < -0.4 is 0 Å². The van der Waals surface area contributed by atoms with Crippen molar-refractivity contribution >= 4 is 35.7 Å². The van der Waals surface area contributed by atoms with Crippen LogP contribution in [0.1, 0.15) is 51.2 Å². The molecule has 2 atom stereocenters. The van der Waals surface area contributed by atoms with E-state index in [1.165, 1.54) is 12.2 Å². The molecule has 2 unspecified atom stereocenters. The number of hydrogen-bond donors (Lipinski definition) is 0. The van der Waals surface area contributed by atoms with E-state index in [4.69, 9.17) is 0 Å². The number of rotatable bonds is 7. The monoisotopic (exact) mass is 472 g/mol. The first-order valence-corrected chi connectivity index (χ1v) is 11.2. The van der Waals surface area contributed by atoms with Gasteiger partial charge >= 0.3 is 0 Å². The van der Waals surface area contributed by atoms with Crippen molar-refractivity contribution in [3.05, 3.63) is 59.7 Å². The lowest BCUT2D eigenvalue weighted by Crippen LogP contribution is -2.39. The quantitative estimate of drug-likeness (QED) is 0.393. The molecule has 0 aromatic heterocycles. The van der Waals surface area contributed by atoms with Gasteiger partial charge in [0.25, 0.3) is 0 Å². The summed E-state index contributed by atoms with van der Waals surface area (Å²) in [5.41, 5.74) is 3.46. The van der Waals surface area contributed by atoms with E-state index in [1.807, 2.05) is 24.3 Å². The molecule has 0 aliphatic heterocycles. The lowest BCUT2D eigenvalue weighted by Gasteiger charge is -2.44. The van der Waals surface area contributed by atoms with Gasteiger partial charge < -0.3 is 0 Å². The van der Waals surface area contributed by atoms with Gasteiger partial charge in [-0.05, 0) is 71.9 Å². The average Bonchev–Trinajstić information content (AvgIpc) is 2.80. The molecule has 8 nitrogen and oxygen atoms in total. The van der Waals surface area contributed by atoms with Gasteiger partial charge in [0.15, 0.2) is 0 Å². The van der Waals surface area contributed by atoms with E-state index < -0.39 is 0 Å².